The number of nitrogens with zero attached hydrogens (tertiary/aromatic N) is 2. The summed E-state index contributed by atoms with van der Waals surface area (Å²) in [7, 11) is 0. The largest absolute Gasteiger partial charge is 0.394 e. The Kier molecular flexibility index (Phi) is 5.43. The van der Waals surface area contributed by atoms with Crippen LogP contribution in [0.2, 0.25) is 5.02 Å². The second-order valence-electron chi connectivity index (χ2n) is 4.71. The lowest BCUT2D eigenvalue weighted by Crippen LogP contribution is -2.32. The number of aliphatic hydroxyl groups excluding tert-OH is 2. The van der Waals surface area contributed by atoms with Gasteiger partial charge in [0, 0.05) is 18.3 Å². The van der Waals surface area contributed by atoms with E-state index in [-0.39, 0.29) is 16.5 Å². The lowest BCUT2D eigenvalue weighted by atomic mass is 10.0. The molecule has 0 amide bonds. The maximum atomic E-state index is 13.7. The molecule has 0 aliphatic carbocycles. The van der Waals surface area contributed by atoms with Gasteiger partial charge in [0.05, 0.1) is 22.6 Å². The van der Waals surface area contributed by atoms with Crippen molar-refractivity contribution in [2.24, 2.45) is 0 Å². The number of hydrogen-bond donors (Lipinski definition) is 3. The van der Waals surface area contributed by atoms with Crippen molar-refractivity contribution < 1.29 is 19.5 Å². The van der Waals surface area contributed by atoms with Gasteiger partial charge in [-0.25, -0.2) is 9.37 Å². The summed E-state index contributed by atoms with van der Waals surface area (Å²) in [6.07, 6.45) is -0.00248. The highest BCUT2D eigenvalue weighted by Crippen LogP contribution is 2.23. The summed E-state index contributed by atoms with van der Waals surface area (Å²) in [5.74, 6) is -0.902. The first-order valence-corrected chi connectivity index (χ1v) is 6.91. The molecule has 1 aromatic heterocycles. The predicted molar refractivity (Wildman–Crippen MR) is 81.8 cm³/mol. The van der Waals surface area contributed by atoms with E-state index in [0.29, 0.717) is 5.56 Å². The van der Waals surface area contributed by atoms with E-state index in [4.69, 9.17) is 11.6 Å². The van der Waals surface area contributed by atoms with Crippen molar-refractivity contribution in [2.45, 2.75) is 12.1 Å². The average molecular weight is 342 g/mol. The number of anilines is 1. The SMILES string of the molecule is O=[N+]([O-])c1ccc(C(O)C(CO)Nc2ncc(Cl)cc2F)cc1. The molecule has 7 nitrogen and oxygen atoms in total. The number of halogens is 2. The molecule has 23 heavy (non-hydrogen) atoms. The van der Waals surface area contributed by atoms with Gasteiger partial charge in [-0.3, -0.25) is 10.1 Å². The molecule has 2 atom stereocenters. The number of aromatic nitrogens is 1. The lowest BCUT2D eigenvalue weighted by Gasteiger charge is -2.23. The minimum absolute atomic E-state index is 0.115. The number of aliphatic hydroxyl groups is 2. The van der Waals surface area contributed by atoms with E-state index >= 15 is 0 Å². The van der Waals surface area contributed by atoms with Crippen molar-refractivity contribution in [3.8, 4) is 0 Å². The summed E-state index contributed by atoms with van der Waals surface area (Å²) in [6, 6.07) is 5.27. The molecule has 3 N–H and O–H groups in total. The molecule has 0 radical (unpaired) electrons. The summed E-state index contributed by atoms with van der Waals surface area (Å²) >= 11 is 5.60. The first-order chi connectivity index (χ1) is 10.9. The molecule has 1 heterocycles. The molecule has 0 saturated heterocycles. The molecule has 0 aliphatic heterocycles. The first kappa shape index (κ1) is 17.1. The summed E-state index contributed by atoms with van der Waals surface area (Å²) in [6.45, 7) is -0.512. The van der Waals surface area contributed by atoms with E-state index in [9.17, 15) is 24.7 Å². The highest BCUT2D eigenvalue weighted by Gasteiger charge is 2.22. The van der Waals surface area contributed by atoms with Gasteiger partial charge in [0.2, 0.25) is 0 Å². The summed E-state index contributed by atoms with van der Waals surface area (Å²) < 4.78 is 13.7. The molecule has 0 saturated carbocycles. The molecule has 2 unspecified atom stereocenters. The maximum Gasteiger partial charge on any atom is 0.269 e. The van der Waals surface area contributed by atoms with Crippen LogP contribution in [0, 0.1) is 15.9 Å². The van der Waals surface area contributed by atoms with Crippen molar-refractivity contribution in [1.82, 2.24) is 4.98 Å². The van der Waals surface area contributed by atoms with E-state index in [2.05, 4.69) is 10.3 Å². The second-order valence-corrected chi connectivity index (χ2v) is 5.15. The zero-order valence-corrected chi connectivity index (χ0v) is 12.4. The molecular weight excluding hydrogens is 329 g/mol. The fraction of sp³-hybridized carbons (Fsp3) is 0.214. The Balaban J connectivity index is 2.17. The quantitative estimate of drug-likeness (QED) is 0.549. The molecule has 0 bridgehead atoms. The number of nitrogens with one attached hydrogen (secondary N) is 1. The Labute approximate surface area is 135 Å². The third-order valence-electron chi connectivity index (χ3n) is 3.15. The Morgan fingerprint density at radius 1 is 1.39 bits per heavy atom. The fourth-order valence-corrected chi connectivity index (χ4v) is 2.09. The Morgan fingerprint density at radius 3 is 2.57 bits per heavy atom. The van der Waals surface area contributed by atoms with Crippen LogP contribution in [0.3, 0.4) is 0 Å². The van der Waals surface area contributed by atoms with E-state index in [0.717, 1.165) is 6.07 Å². The summed E-state index contributed by atoms with van der Waals surface area (Å²) in [5, 5.41) is 33.0. The van der Waals surface area contributed by atoms with Crippen molar-refractivity contribution in [3.63, 3.8) is 0 Å². The molecule has 2 rings (SSSR count). The number of hydrogen-bond acceptors (Lipinski definition) is 6. The van der Waals surface area contributed by atoms with Crippen LogP contribution in [-0.4, -0.2) is 32.8 Å². The van der Waals surface area contributed by atoms with Crippen LogP contribution in [0.15, 0.2) is 36.5 Å². The normalized spacial score (nSPS) is 13.4. The highest BCUT2D eigenvalue weighted by molar-refractivity contribution is 6.30. The summed E-state index contributed by atoms with van der Waals surface area (Å²) in [4.78, 5) is 13.8. The van der Waals surface area contributed by atoms with Crippen LogP contribution in [-0.2, 0) is 0 Å². The number of pyridine rings is 1. The second kappa shape index (κ2) is 7.32. The lowest BCUT2D eigenvalue weighted by molar-refractivity contribution is -0.384. The van der Waals surface area contributed by atoms with Crippen LogP contribution < -0.4 is 5.32 Å². The molecule has 0 aliphatic rings. The maximum absolute atomic E-state index is 13.7. The number of benzene rings is 1. The Bertz CT molecular complexity index is 699. The molecular formula is C14H13ClFN3O4. The average Bonchev–Trinajstić information content (AvgIpc) is 2.53. The van der Waals surface area contributed by atoms with Gasteiger partial charge in [0.25, 0.3) is 5.69 Å². The first-order valence-electron chi connectivity index (χ1n) is 6.53. The highest BCUT2D eigenvalue weighted by atomic mass is 35.5. The number of nitro benzene ring substituents is 1. The van der Waals surface area contributed by atoms with Crippen LogP contribution in [0.5, 0.6) is 0 Å². The van der Waals surface area contributed by atoms with E-state index in [1.165, 1.54) is 30.5 Å². The standard InChI is InChI=1S/C14H13ClFN3O4/c15-9-5-11(16)14(17-6-9)18-12(7-20)13(21)8-1-3-10(4-2-8)19(22)23/h1-6,12-13,20-21H,7H2,(H,17,18). The smallest absolute Gasteiger partial charge is 0.269 e. The van der Waals surface area contributed by atoms with Crippen molar-refractivity contribution >= 4 is 23.1 Å². The molecule has 0 fully saturated rings. The van der Waals surface area contributed by atoms with Crippen molar-refractivity contribution in [2.75, 3.05) is 11.9 Å². The van der Waals surface area contributed by atoms with Crippen LogP contribution in [0.4, 0.5) is 15.9 Å². The van der Waals surface area contributed by atoms with E-state index in [1.807, 2.05) is 0 Å². The van der Waals surface area contributed by atoms with Gasteiger partial charge < -0.3 is 15.5 Å². The number of rotatable bonds is 6. The monoisotopic (exact) mass is 341 g/mol. The third kappa shape index (κ3) is 4.13. The van der Waals surface area contributed by atoms with Crippen LogP contribution in [0.25, 0.3) is 0 Å². The Morgan fingerprint density at radius 2 is 2.04 bits per heavy atom. The van der Waals surface area contributed by atoms with Gasteiger partial charge in [0.15, 0.2) is 11.6 Å². The number of non-ortho nitro benzene ring substituents is 1. The third-order valence-corrected chi connectivity index (χ3v) is 3.36. The molecule has 1 aromatic carbocycles. The van der Waals surface area contributed by atoms with Gasteiger partial charge in [-0.05, 0) is 23.8 Å². The van der Waals surface area contributed by atoms with Crippen molar-refractivity contribution in [1.29, 1.82) is 0 Å². The van der Waals surface area contributed by atoms with Gasteiger partial charge in [-0.1, -0.05) is 11.6 Å². The molecule has 122 valence electrons. The van der Waals surface area contributed by atoms with Crippen LogP contribution >= 0.6 is 11.6 Å². The van der Waals surface area contributed by atoms with E-state index < -0.39 is 29.5 Å². The zero-order chi connectivity index (χ0) is 17.0. The Hall–Kier alpha value is -2.29. The zero-order valence-electron chi connectivity index (χ0n) is 11.7. The van der Waals surface area contributed by atoms with Gasteiger partial charge in [-0.2, -0.15) is 0 Å². The van der Waals surface area contributed by atoms with Gasteiger partial charge in [-0.15, -0.1) is 0 Å². The van der Waals surface area contributed by atoms with Crippen LogP contribution in [0.1, 0.15) is 11.7 Å². The predicted octanol–water partition coefficient (Wildman–Crippen LogP) is 2.29. The van der Waals surface area contributed by atoms with Gasteiger partial charge >= 0.3 is 0 Å². The van der Waals surface area contributed by atoms with Crippen molar-refractivity contribution in [3.05, 3.63) is 63.0 Å². The topological polar surface area (TPSA) is 109 Å². The molecule has 9 heteroatoms. The number of nitro groups is 1. The minimum Gasteiger partial charge on any atom is -0.394 e. The molecule has 0 spiro atoms. The van der Waals surface area contributed by atoms with E-state index in [1.54, 1.807) is 0 Å². The van der Waals surface area contributed by atoms with Gasteiger partial charge in [0.1, 0.15) is 6.10 Å². The molecule has 2 aromatic rings. The summed E-state index contributed by atoms with van der Waals surface area (Å²) in [5.41, 5.74) is 0.205. The minimum atomic E-state index is -1.22. The fourth-order valence-electron chi connectivity index (χ4n) is 1.95.